The Morgan fingerprint density at radius 1 is 1.04 bits per heavy atom. The van der Waals surface area contributed by atoms with Gasteiger partial charge in [-0.3, -0.25) is 0 Å². The number of carbonyl (C=O) groups is 1. The second kappa shape index (κ2) is 8.83. The molecule has 5 heteroatoms. The van der Waals surface area contributed by atoms with Crippen LogP contribution in [-0.2, 0) is 23.7 Å². The third-order valence-electron chi connectivity index (χ3n) is 4.79. The molecule has 0 aromatic heterocycles. The molecule has 0 N–H and O–H groups in total. The smallest absolute Gasteiger partial charge is 0.338 e. The summed E-state index contributed by atoms with van der Waals surface area (Å²) in [5, 5.41) is 0. The maximum Gasteiger partial charge on any atom is 0.338 e. The fraction of sp³-hybridized carbons (Fsp3) is 0.950. The van der Waals surface area contributed by atoms with Crippen molar-refractivity contribution in [2.24, 2.45) is 5.92 Å². The molecule has 0 spiro atoms. The second-order valence-electron chi connectivity index (χ2n) is 8.91. The van der Waals surface area contributed by atoms with Crippen LogP contribution in [0.25, 0.3) is 0 Å². The minimum atomic E-state index is -0.923. The molecule has 0 bridgehead atoms. The summed E-state index contributed by atoms with van der Waals surface area (Å²) < 4.78 is 23.2. The molecule has 1 aliphatic heterocycles. The molecule has 2 aliphatic rings. The van der Waals surface area contributed by atoms with Gasteiger partial charge in [0.15, 0.2) is 11.9 Å². The van der Waals surface area contributed by atoms with Crippen molar-refractivity contribution in [2.45, 2.75) is 103 Å². The molecule has 3 atom stereocenters. The van der Waals surface area contributed by atoms with Crippen LogP contribution < -0.4 is 0 Å². The molecule has 0 aromatic rings. The Morgan fingerprint density at radius 2 is 1.80 bits per heavy atom. The van der Waals surface area contributed by atoms with Crippen molar-refractivity contribution >= 4 is 5.97 Å². The number of hydrogen-bond donors (Lipinski definition) is 0. The van der Waals surface area contributed by atoms with E-state index >= 15 is 0 Å². The molecule has 5 nitrogen and oxygen atoms in total. The lowest BCUT2D eigenvalue weighted by Gasteiger charge is -2.35. The lowest BCUT2D eigenvalue weighted by atomic mass is 9.87. The Hall–Kier alpha value is -0.650. The molecular weight excluding hydrogens is 320 g/mol. The lowest BCUT2D eigenvalue weighted by molar-refractivity contribution is -0.199. The van der Waals surface area contributed by atoms with Crippen molar-refractivity contribution in [3.63, 3.8) is 0 Å². The molecule has 2 fully saturated rings. The van der Waals surface area contributed by atoms with E-state index in [1.54, 1.807) is 13.8 Å². The zero-order valence-corrected chi connectivity index (χ0v) is 16.6. The van der Waals surface area contributed by atoms with Gasteiger partial charge in [0.25, 0.3) is 0 Å². The predicted molar refractivity (Wildman–Crippen MR) is 96.3 cm³/mol. The van der Waals surface area contributed by atoms with Gasteiger partial charge in [-0.1, -0.05) is 6.42 Å². The summed E-state index contributed by atoms with van der Waals surface area (Å²) in [7, 11) is 0. The SMILES string of the molecule is CC(C)(C)OC(=O)C(C)(C)OCC1CCC[C@H](OC2CCCCO2)C1. The van der Waals surface area contributed by atoms with Gasteiger partial charge < -0.3 is 18.9 Å². The monoisotopic (exact) mass is 356 g/mol. The van der Waals surface area contributed by atoms with Crippen LogP contribution in [0.4, 0.5) is 0 Å². The van der Waals surface area contributed by atoms with Crippen molar-refractivity contribution in [3.8, 4) is 0 Å². The van der Waals surface area contributed by atoms with Crippen LogP contribution in [0.2, 0.25) is 0 Å². The molecule has 2 rings (SSSR count). The van der Waals surface area contributed by atoms with E-state index in [1.165, 1.54) is 6.42 Å². The van der Waals surface area contributed by atoms with Crippen LogP contribution in [0, 0.1) is 5.92 Å². The highest BCUT2D eigenvalue weighted by Gasteiger charge is 2.35. The number of ether oxygens (including phenoxy) is 4. The molecule has 0 radical (unpaired) electrons. The first-order chi connectivity index (χ1) is 11.7. The summed E-state index contributed by atoms with van der Waals surface area (Å²) in [5.41, 5.74) is -1.42. The maximum absolute atomic E-state index is 12.3. The Bertz CT molecular complexity index is 420. The third kappa shape index (κ3) is 7.24. The molecule has 1 heterocycles. The summed E-state index contributed by atoms with van der Waals surface area (Å²) in [6, 6.07) is 0. The fourth-order valence-corrected chi connectivity index (χ4v) is 3.34. The minimum absolute atomic E-state index is 0.0309. The number of esters is 1. The van der Waals surface area contributed by atoms with E-state index in [-0.39, 0.29) is 18.4 Å². The van der Waals surface area contributed by atoms with Crippen molar-refractivity contribution in [1.29, 1.82) is 0 Å². The molecule has 1 saturated carbocycles. The molecular formula is C20H36O5. The molecule has 2 unspecified atom stereocenters. The van der Waals surface area contributed by atoms with Gasteiger partial charge >= 0.3 is 5.97 Å². The van der Waals surface area contributed by atoms with Crippen LogP contribution >= 0.6 is 0 Å². The van der Waals surface area contributed by atoms with Gasteiger partial charge in [-0.25, -0.2) is 4.79 Å². The highest BCUT2D eigenvalue weighted by atomic mass is 16.7. The molecule has 1 aliphatic carbocycles. The van der Waals surface area contributed by atoms with Gasteiger partial charge in [0.05, 0.1) is 12.7 Å². The highest BCUT2D eigenvalue weighted by molar-refractivity contribution is 5.78. The first-order valence-electron chi connectivity index (χ1n) is 9.80. The minimum Gasteiger partial charge on any atom is -0.458 e. The molecule has 0 amide bonds. The van der Waals surface area contributed by atoms with Crippen LogP contribution in [-0.4, -0.2) is 42.8 Å². The Morgan fingerprint density at radius 3 is 2.44 bits per heavy atom. The van der Waals surface area contributed by atoms with Gasteiger partial charge in [-0.15, -0.1) is 0 Å². The fourth-order valence-electron chi connectivity index (χ4n) is 3.34. The lowest BCUT2D eigenvalue weighted by Crippen LogP contribution is -2.42. The predicted octanol–water partition coefficient (Wildman–Crippen LogP) is 4.23. The van der Waals surface area contributed by atoms with Crippen molar-refractivity contribution < 1.29 is 23.7 Å². The van der Waals surface area contributed by atoms with Gasteiger partial charge in [-0.05, 0) is 79.1 Å². The molecule has 0 aromatic carbocycles. The first-order valence-corrected chi connectivity index (χ1v) is 9.80. The first kappa shape index (κ1) is 20.7. The normalized spacial score (nSPS) is 28.6. The van der Waals surface area contributed by atoms with E-state index < -0.39 is 11.2 Å². The van der Waals surface area contributed by atoms with Crippen molar-refractivity contribution in [2.75, 3.05) is 13.2 Å². The van der Waals surface area contributed by atoms with Crippen LogP contribution in [0.3, 0.4) is 0 Å². The summed E-state index contributed by atoms with van der Waals surface area (Å²) >= 11 is 0. The second-order valence-corrected chi connectivity index (χ2v) is 8.91. The van der Waals surface area contributed by atoms with Crippen LogP contribution in [0.15, 0.2) is 0 Å². The van der Waals surface area contributed by atoms with E-state index in [0.717, 1.165) is 45.1 Å². The molecule has 1 saturated heterocycles. The number of hydrogen-bond acceptors (Lipinski definition) is 5. The topological polar surface area (TPSA) is 54.0 Å². The van der Waals surface area contributed by atoms with Gasteiger partial charge in [0, 0.05) is 6.61 Å². The number of rotatable bonds is 6. The van der Waals surface area contributed by atoms with Gasteiger partial charge in [0.2, 0.25) is 0 Å². The zero-order valence-electron chi connectivity index (χ0n) is 16.6. The van der Waals surface area contributed by atoms with Crippen LogP contribution in [0.5, 0.6) is 0 Å². The van der Waals surface area contributed by atoms with Crippen molar-refractivity contribution in [1.82, 2.24) is 0 Å². The Labute approximate surface area is 152 Å². The van der Waals surface area contributed by atoms with E-state index in [1.807, 2.05) is 20.8 Å². The van der Waals surface area contributed by atoms with Gasteiger partial charge in [-0.2, -0.15) is 0 Å². The summed E-state index contributed by atoms with van der Waals surface area (Å²) in [6.45, 7) is 10.6. The van der Waals surface area contributed by atoms with Crippen LogP contribution in [0.1, 0.15) is 79.6 Å². The van der Waals surface area contributed by atoms with Gasteiger partial charge in [0.1, 0.15) is 5.60 Å². The Kier molecular flexibility index (Phi) is 7.29. The third-order valence-corrected chi connectivity index (χ3v) is 4.79. The van der Waals surface area contributed by atoms with E-state index in [4.69, 9.17) is 18.9 Å². The number of carbonyl (C=O) groups excluding carboxylic acids is 1. The summed E-state index contributed by atoms with van der Waals surface area (Å²) in [4.78, 5) is 12.3. The molecule has 25 heavy (non-hydrogen) atoms. The molecule has 146 valence electrons. The highest BCUT2D eigenvalue weighted by Crippen LogP contribution is 2.30. The maximum atomic E-state index is 12.3. The van der Waals surface area contributed by atoms with E-state index in [0.29, 0.717) is 12.5 Å². The quantitative estimate of drug-likeness (QED) is 0.667. The zero-order chi connectivity index (χ0) is 18.5. The average molecular weight is 357 g/mol. The van der Waals surface area contributed by atoms with E-state index in [9.17, 15) is 4.79 Å². The van der Waals surface area contributed by atoms with E-state index in [2.05, 4.69) is 0 Å². The summed E-state index contributed by atoms with van der Waals surface area (Å²) in [6.07, 6.45) is 7.87. The standard InChI is InChI=1S/C20H36O5/c1-19(2,3)25-18(21)20(4,5)23-14-15-9-8-10-16(13-15)24-17-11-6-7-12-22-17/h15-17H,6-14H2,1-5H3/t15?,16-,17?/m0/s1. The largest absolute Gasteiger partial charge is 0.458 e. The van der Waals surface area contributed by atoms with Crippen molar-refractivity contribution in [3.05, 3.63) is 0 Å². The summed E-state index contributed by atoms with van der Waals surface area (Å²) in [5.74, 6) is 0.114. The Balaban J connectivity index is 1.76. The average Bonchev–Trinajstić information content (AvgIpc) is 2.53.